The van der Waals surface area contributed by atoms with E-state index in [0.29, 0.717) is 11.8 Å². The molecule has 1 aromatic rings. The van der Waals surface area contributed by atoms with Crippen molar-refractivity contribution in [3.63, 3.8) is 0 Å². The fourth-order valence-electron chi connectivity index (χ4n) is 2.59. The van der Waals surface area contributed by atoms with Gasteiger partial charge in [-0.15, -0.1) is 0 Å². The van der Waals surface area contributed by atoms with Gasteiger partial charge in [-0.3, -0.25) is 0 Å². The van der Waals surface area contributed by atoms with E-state index in [0.717, 1.165) is 5.46 Å². The van der Waals surface area contributed by atoms with Crippen LogP contribution in [0, 0.1) is 0 Å². The maximum atomic E-state index is 6.19. The maximum Gasteiger partial charge on any atom is 0.114 e. The summed E-state index contributed by atoms with van der Waals surface area (Å²) in [5.41, 5.74) is 5.31. The minimum atomic E-state index is 0.147. The second kappa shape index (κ2) is 4.88. The molecule has 0 fully saturated rings. The van der Waals surface area contributed by atoms with E-state index in [9.17, 15) is 0 Å². The average Bonchev–Trinajstić information content (AvgIpc) is 2.14. The zero-order valence-electron chi connectivity index (χ0n) is 12.4. The highest BCUT2D eigenvalue weighted by Gasteiger charge is 2.25. The molecule has 0 bridgehead atoms. The molecule has 0 spiro atoms. The molecule has 0 amide bonds. The van der Waals surface area contributed by atoms with E-state index in [2.05, 4.69) is 60.6 Å². The van der Waals surface area contributed by atoms with Crippen LogP contribution in [-0.4, -0.2) is 7.85 Å². The van der Waals surface area contributed by atoms with Crippen LogP contribution in [0.2, 0.25) is 0 Å². The monoisotopic (exact) mass is 228 g/mol. The van der Waals surface area contributed by atoms with Gasteiger partial charge in [-0.2, -0.15) is 0 Å². The number of rotatable bonds is 2. The van der Waals surface area contributed by atoms with E-state index in [-0.39, 0.29) is 5.41 Å². The van der Waals surface area contributed by atoms with Gasteiger partial charge >= 0.3 is 0 Å². The van der Waals surface area contributed by atoms with Gasteiger partial charge in [0.05, 0.1) is 0 Å². The third-order valence-electron chi connectivity index (χ3n) is 3.26. The zero-order chi connectivity index (χ0) is 13.4. The van der Waals surface area contributed by atoms with Crippen LogP contribution in [0.1, 0.15) is 77.0 Å². The summed E-state index contributed by atoms with van der Waals surface area (Å²) in [5.74, 6) is 1.02. The van der Waals surface area contributed by atoms with Crippen molar-refractivity contribution in [1.29, 1.82) is 0 Å². The Balaban J connectivity index is 3.62. The summed E-state index contributed by atoms with van der Waals surface area (Å²) in [6.45, 7) is 15.8. The molecular weight excluding hydrogens is 203 g/mol. The molecule has 0 aliphatic heterocycles. The molecule has 1 rings (SSSR count). The molecule has 0 atom stereocenters. The normalized spacial score (nSPS) is 12.5. The molecule has 0 aliphatic rings. The first-order chi connectivity index (χ1) is 7.66. The molecule has 0 saturated heterocycles. The SMILES string of the molecule is [B]c1ccc(C(C)C)c(C(C)(C)C)c1C(C)C. The summed E-state index contributed by atoms with van der Waals surface area (Å²) < 4.78 is 0. The Morgan fingerprint density at radius 1 is 0.941 bits per heavy atom. The van der Waals surface area contributed by atoms with Gasteiger partial charge in [0.2, 0.25) is 0 Å². The Bertz CT molecular complexity index is 395. The van der Waals surface area contributed by atoms with Gasteiger partial charge in [-0.05, 0) is 33.9 Å². The molecule has 17 heavy (non-hydrogen) atoms. The molecule has 2 radical (unpaired) electrons. The summed E-state index contributed by atoms with van der Waals surface area (Å²) in [6.07, 6.45) is 0. The fourth-order valence-corrected chi connectivity index (χ4v) is 2.59. The van der Waals surface area contributed by atoms with Crippen LogP contribution < -0.4 is 5.46 Å². The van der Waals surface area contributed by atoms with Gasteiger partial charge in [0, 0.05) is 0 Å². The van der Waals surface area contributed by atoms with Crippen LogP contribution >= 0.6 is 0 Å². The molecule has 1 heteroatoms. The third kappa shape index (κ3) is 2.94. The van der Waals surface area contributed by atoms with Gasteiger partial charge in [0.15, 0.2) is 0 Å². The second-order valence-corrected chi connectivity index (χ2v) is 6.59. The summed E-state index contributed by atoms with van der Waals surface area (Å²) in [4.78, 5) is 0. The third-order valence-corrected chi connectivity index (χ3v) is 3.26. The molecule has 0 aliphatic carbocycles. The molecule has 0 aromatic heterocycles. The van der Waals surface area contributed by atoms with Crippen molar-refractivity contribution in [2.75, 3.05) is 0 Å². The minimum absolute atomic E-state index is 0.147. The molecule has 1 aromatic carbocycles. The lowest BCUT2D eigenvalue weighted by molar-refractivity contribution is 0.565. The minimum Gasteiger partial charge on any atom is -0.0930 e. The Morgan fingerprint density at radius 2 is 1.47 bits per heavy atom. The topological polar surface area (TPSA) is 0 Å². The smallest absolute Gasteiger partial charge is 0.0930 e. The first-order valence-electron chi connectivity index (χ1n) is 6.59. The summed E-state index contributed by atoms with van der Waals surface area (Å²) in [6, 6.07) is 4.27. The van der Waals surface area contributed by atoms with Crippen LogP contribution in [0.15, 0.2) is 12.1 Å². The molecule has 0 heterocycles. The van der Waals surface area contributed by atoms with E-state index in [1.807, 2.05) is 0 Å². The lowest BCUT2D eigenvalue weighted by Crippen LogP contribution is -2.25. The molecule has 0 nitrogen and oxygen atoms in total. The first-order valence-corrected chi connectivity index (χ1v) is 6.59. The van der Waals surface area contributed by atoms with Gasteiger partial charge in [-0.1, -0.05) is 66.1 Å². The Morgan fingerprint density at radius 3 is 1.82 bits per heavy atom. The highest BCUT2D eigenvalue weighted by molar-refractivity contribution is 6.33. The van der Waals surface area contributed by atoms with Gasteiger partial charge in [0.1, 0.15) is 7.85 Å². The van der Waals surface area contributed by atoms with Crippen molar-refractivity contribution >= 4 is 13.3 Å². The van der Waals surface area contributed by atoms with Crippen molar-refractivity contribution in [3.8, 4) is 0 Å². The predicted octanol–water partition coefficient (Wildman–Crippen LogP) is 4.02. The quantitative estimate of drug-likeness (QED) is 0.670. The van der Waals surface area contributed by atoms with E-state index in [1.54, 1.807) is 0 Å². The van der Waals surface area contributed by atoms with Crippen molar-refractivity contribution in [2.45, 2.75) is 65.7 Å². The van der Waals surface area contributed by atoms with Crippen molar-refractivity contribution in [2.24, 2.45) is 0 Å². The van der Waals surface area contributed by atoms with E-state index in [4.69, 9.17) is 7.85 Å². The van der Waals surface area contributed by atoms with Crippen molar-refractivity contribution < 1.29 is 0 Å². The summed E-state index contributed by atoms with van der Waals surface area (Å²) in [7, 11) is 6.19. The van der Waals surface area contributed by atoms with E-state index < -0.39 is 0 Å². The number of benzene rings is 1. The van der Waals surface area contributed by atoms with E-state index in [1.165, 1.54) is 16.7 Å². The number of hydrogen-bond donors (Lipinski definition) is 0. The van der Waals surface area contributed by atoms with Crippen molar-refractivity contribution in [1.82, 2.24) is 0 Å². The molecule has 92 valence electrons. The first kappa shape index (κ1) is 14.3. The zero-order valence-corrected chi connectivity index (χ0v) is 12.4. The highest BCUT2D eigenvalue weighted by Crippen LogP contribution is 2.35. The standard InChI is InChI=1S/C16H25B/c1-10(2)12-8-9-13(17)14(11(3)4)15(12)16(5,6)7/h8-11H,1-7H3. The molecular formula is C16H25B. The van der Waals surface area contributed by atoms with Crippen LogP contribution in [0.5, 0.6) is 0 Å². The fraction of sp³-hybridized carbons (Fsp3) is 0.625. The van der Waals surface area contributed by atoms with Crippen LogP contribution in [-0.2, 0) is 5.41 Å². The maximum absolute atomic E-state index is 6.19. The van der Waals surface area contributed by atoms with Crippen LogP contribution in [0.25, 0.3) is 0 Å². The van der Waals surface area contributed by atoms with Gasteiger partial charge in [-0.25, -0.2) is 0 Å². The lowest BCUT2D eigenvalue weighted by Gasteiger charge is -2.31. The Labute approximate surface area is 108 Å². The second-order valence-electron chi connectivity index (χ2n) is 6.59. The largest absolute Gasteiger partial charge is 0.114 e. The summed E-state index contributed by atoms with van der Waals surface area (Å²) in [5, 5.41) is 0. The average molecular weight is 228 g/mol. The van der Waals surface area contributed by atoms with Crippen LogP contribution in [0.3, 0.4) is 0 Å². The van der Waals surface area contributed by atoms with Gasteiger partial charge in [0.25, 0.3) is 0 Å². The molecule has 0 N–H and O–H groups in total. The molecule has 0 saturated carbocycles. The lowest BCUT2D eigenvalue weighted by atomic mass is 9.71. The van der Waals surface area contributed by atoms with Crippen LogP contribution in [0.4, 0.5) is 0 Å². The Hall–Kier alpha value is -0.715. The number of hydrogen-bond acceptors (Lipinski definition) is 0. The van der Waals surface area contributed by atoms with Gasteiger partial charge < -0.3 is 0 Å². The Kier molecular flexibility index (Phi) is 4.12. The van der Waals surface area contributed by atoms with Crippen molar-refractivity contribution in [3.05, 3.63) is 28.8 Å². The molecule has 0 unspecified atom stereocenters. The highest BCUT2D eigenvalue weighted by atomic mass is 14.3. The van der Waals surface area contributed by atoms with E-state index >= 15 is 0 Å². The summed E-state index contributed by atoms with van der Waals surface area (Å²) >= 11 is 0. The predicted molar refractivity (Wildman–Crippen MR) is 78.7 cm³/mol.